The summed E-state index contributed by atoms with van der Waals surface area (Å²) in [6.45, 7) is 8.05. The minimum atomic E-state index is -0.209. The molecule has 33 heavy (non-hydrogen) atoms. The highest BCUT2D eigenvalue weighted by atomic mass is 35.5. The van der Waals surface area contributed by atoms with E-state index in [9.17, 15) is 14.7 Å². The summed E-state index contributed by atoms with van der Waals surface area (Å²) < 4.78 is 0. The van der Waals surface area contributed by atoms with Gasteiger partial charge in [-0.25, -0.2) is 0 Å². The van der Waals surface area contributed by atoms with Gasteiger partial charge in [-0.2, -0.15) is 0 Å². The Balaban J connectivity index is 0.00000272. The zero-order valence-electron chi connectivity index (χ0n) is 20.3. The number of phenolic OH excluding ortho intramolecular Hbond substituents is 1. The molecule has 0 spiro atoms. The fraction of sp³-hybridized carbons (Fsp3) is 0.680. The van der Waals surface area contributed by atoms with Crippen molar-refractivity contribution in [1.82, 2.24) is 15.1 Å². The molecular formula is C25H42ClN3O4. The molecule has 2 unspecified atom stereocenters. The van der Waals surface area contributed by atoms with Crippen LogP contribution in [0.5, 0.6) is 5.75 Å². The molecule has 188 valence electrons. The number of likely N-dealkylation sites (tertiary alicyclic amines) is 1. The van der Waals surface area contributed by atoms with Crippen molar-refractivity contribution in [3.63, 3.8) is 0 Å². The summed E-state index contributed by atoms with van der Waals surface area (Å²) in [5, 5.41) is 12.5. The van der Waals surface area contributed by atoms with Crippen molar-refractivity contribution >= 4 is 24.2 Å². The van der Waals surface area contributed by atoms with E-state index < -0.39 is 0 Å². The number of aromatic hydroxyl groups is 1. The van der Waals surface area contributed by atoms with Crippen molar-refractivity contribution in [2.75, 3.05) is 33.2 Å². The highest BCUT2D eigenvalue weighted by molar-refractivity contribution is 5.96. The van der Waals surface area contributed by atoms with Crippen LogP contribution in [0.25, 0.3) is 0 Å². The summed E-state index contributed by atoms with van der Waals surface area (Å²) in [5.74, 6) is 0.513. The number of nitrogens with one attached hydrogen (secondary N) is 1. The van der Waals surface area contributed by atoms with Crippen molar-refractivity contribution in [2.24, 2.45) is 5.92 Å². The number of amides is 2. The summed E-state index contributed by atoms with van der Waals surface area (Å²) in [6.07, 6.45) is 6.63. The highest BCUT2D eigenvalue weighted by Crippen LogP contribution is 2.40. The smallest absolute Gasteiger partial charge is 0.232 e. The van der Waals surface area contributed by atoms with Crippen LogP contribution in [-0.2, 0) is 15.0 Å². The molecule has 1 saturated carbocycles. The van der Waals surface area contributed by atoms with E-state index in [1.54, 1.807) is 13.1 Å². The van der Waals surface area contributed by atoms with Crippen LogP contribution in [0.3, 0.4) is 0 Å². The molecule has 1 heterocycles. The number of nitrogens with zero attached hydrogens (tertiary/aromatic N) is 2. The van der Waals surface area contributed by atoms with Gasteiger partial charge in [-0.05, 0) is 54.8 Å². The third kappa shape index (κ3) is 7.33. The average Bonchev–Trinajstić information content (AvgIpc) is 2.77. The first-order valence-electron chi connectivity index (χ1n) is 11.9. The first-order chi connectivity index (χ1) is 14.8. The van der Waals surface area contributed by atoms with E-state index in [1.165, 1.54) is 12.0 Å². The van der Waals surface area contributed by atoms with Crippen LogP contribution < -0.4 is 5.32 Å². The van der Waals surface area contributed by atoms with Gasteiger partial charge in [0, 0.05) is 32.7 Å². The van der Waals surface area contributed by atoms with E-state index >= 15 is 0 Å². The molecule has 2 aliphatic rings. The molecule has 0 bridgehead atoms. The lowest BCUT2D eigenvalue weighted by molar-refractivity contribution is -0.138. The molecule has 0 aromatic heterocycles. The number of halogens is 1. The molecule has 1 aliphatic carbocycles. The minimum Gasteiger partial charge on any atom is -0.508 e. The Morgan fingerprint density at radius 2 is 1.94 bits per heavy atom. The van der Waals surface area contributed by atoms with Gasteiger partial charge in [-0.1, -0.05) is 45.2 Å². The zero-order valence-corrected chi connectivity index (χ0v) is 21.1. The maximum absolute atomic E-state index is 12.9. The van der Waals surface area contributed by atoms with Crippen LogP contribution in [0.2, 0.25) is 0 Å². The quantitative estimate of drug-likeness (QED) is 0.582. The molecule has 4 N–H and O–H groups in total. The highest BCUT2D eigenvalue weighted by Gasteiger charge is 2.38. The van der Waals surface area contributed by atoms with Gasteiger partial charge in [0.25, 0.3) is 0 Å². The van der Waals surface area contributed by atoms with Crippen molar-refractivity contribution in [3.05, 3.63) is 29.8 Å². The van der Waals surface area contributed by atoms with Gasteiger partial charge >= 0.3 is 0 Å². The first-order valence-corrected chi connectivity index (χ1v) is 11.9. The lowest BCUT2D eigenvalue weighted by Crippen LogP contribution is -2.51. The van der Waals surface area contributed by atoms with Gasteiger partial charge in [0.05, 0.1) is 0 Å². The lowest BCUT2D eigenvalue weighted by atomic mass is 9.68. The van der Waals surface area contributed by atoms with Crippen LogP contribution in [-0.4, -0.2) is 71.5 Å². The van der Waals surface area contributed by atoms with Crippen LogP contribution in [0, 0.1) is 5.92 Å². The standard InChI is InChI=1S/C25H39N3O3.ClH.H2O/c1-19-18-27(13-12-25(19,2)20-8-7-11-22(29)16-20)14-15-28(21-9-5-4-6-10-21)24(31)17-23(30)26-3;;/h7-8,11,16,19,21,29H,4-6,9-10,12-15,17-18H2,1-3H3,(H,26,30);1H;1H2. The maximum Gasteiger partial charge on any atom is 0.232 e. The molecule has 0 radical (unpaired) electrons. The summed E-state index contributed by atoms with van der Waals surface area (Å²) in [5.41, 5.74) is 1.23. The summed E-state index contributed by atoms with van der Waals surface area (Å²) >= 11 is 0. The second-order valence-electron chi connectivity index (χ2n) is 9.65. The van der Waals surface area contributed by atoms with E-state index in [1.807, 2.05) is 17.0 Å². The van der Waals surface area contributed by atoms with Crippen molar-refractivity contribution < 1.29 is 20.2 Å². The Morgan fingerprint density at radius 1 is 1.24 bits per heavy atom. The van der Waals surface area contributed by atoms with Gasteiger partial charge in [0.2, 0.25) is 11.8 Å². The van der Waals surface area contributed by atoms with E-state index in [-0.39, 0.29) is 47.6 Å². The van der Waals surface area contributed by atoms with E-state index in [2.05, 4.69) is 30.1 Å². The van der Waals surface area contributed by atoms with Crippen LogP contribution >= 0.6 is 12.4 Å². The SMILES string of the molecule is CNC(=O)CC(=O)N(CCN1CCC(C)(c2cccc(O)c2)C(C)C1)C1CCCCC1.Cl.O. The molecule has 1 aromatic carbocycles. The third-order valence-corrected chi connectivity index (χ3v) is 7.66. The van der Waals surface area contributed by atoms with Gasteiger partial charge in [0.1, 0.15) is 12.2 Å². The Morgan fingerprint density at radius 3 is 2.55 bits per heavy atom. The number of piperidine rings is 1. The van der Waals surface area contributed by atoms with Crippen LogP contribution in [0.4, 0.5) is 0 Å². The molecule has 1 saturated heterocycles. The number of rotatable bonds is 7. The molecule has 2 amide bonds. The molecule has 2 atom stereocenters. The van der Waals surface area contributed by atoms with Crippen molar-refractivity contribution in [1.29, 1.82) is 0 Å². The number of hydrogen-bond donors (Lipinski definition) is 2. The Hall–Kier alpha value is -1.83. The third-order valence-electron chi connectivity index (χ3n) is 7.66. The largest absolute Gasteiger partial charge is 0.508 e. The summed E-state index contributed by atoms with van der Waals surface area (Å²) in [4.78, 5) is 29.1. The number of benzene rings is 1. The Labute approximate surface area is 204 Å². The number of hydrogen-bond acceptors (Lipinski definition) is 4. The number of carbonyl (C=O) groups excluding carboxylic acids is 2. The topological polar surface area (TPSA) is 104 Å². The normalized spacial score (nSPS) is 23.7. The maximum atomic E-state index is 12.9. The predicted octanol–water partition coefficient (Wildman–Crippen LogP) is 2.89. The van der Waals surface area contributed by atoms with Gasteiger partial charge in [-0.15, -0.1) is 12.4 Å². The fourth-order valence-corrected chi connectivity index (χ4v) is 5.29. The van der Waals surface area contributed by atoms with Crippen molar-refractivity contribution in [2.45, 2.75) is 70.3 Å². The molecule has 2 fully saturated rings. The Bertz CT molecular complexity index is 772. The van der Waals surface area contributed by atoms with Crippen LogP contribution in [0.15, 0.2) is 24.3 Å². The van der Waals surface area contributed by atoms with E-state index in [4.69, 9.17) is 0 Å². The molecule has 1 aliphatic heterocycles. The molecule has 8 heteroatoms. The molecule has 3 rings (SSSR count). The monoisotopic (exact) mass is 483 g/mol. The lowest BCUT2D eigenvalue weighted by Gasteiger charge is -2.46. The molecule has 1 aromatic rings. The molecular weight excluding hydrogens is 442 g/mol. The van der Waals surface area contributed by atoms with Crippen molar-refractivity contribution in [3.8, 4) is 5.75 Å². The summed E-state index contributed by atoms with van der Waals surface area (Å²) in [6, 6.07) is 7.94. The van der Waals surface area contributed by atoms with Gasteiger partial charge in [0.15, 0.2) is 0 Å². The zero-order chi connectivity index (χ0) is 22.4. The van der Waals surface area contributed by atoms with Gasteiger partial charge < -0.3 is 25.7 Å². The number of phenols is 1. The van der Waals surface area contributed by atoms with Crippen LogP contribution in [0.1, 0.15) is 64.4 Å². The first kappa shape index (κ1) is 29.2. The van der Waals surface area contributed by atoms with E-state index in [0.29, 0.717) is 18.2 Å². The fourth-order valence-electron chi connectivity index (χ4n) is 5.29. The van der Waals surface area contributed by atoms with Gasteiger partial charge in [-0.3, -0.25) is 9.59 Å². The Kier molecular flexibility index (Phi) is 11.6. The number of carbonyl (C=O) groups is 2. The predicted molar refractivity (Wildman–Crippen MR) is 134 cm³/mol. The minimum absolute atomic E-state index is 0. The average molecular weight is 484 g/mol. The van der Waals surface area contributed by atoms with E-state index in [0.717, 1.165) is 51.7 Å². The summed E-state index contributed by atoms with van der Waals surface area (Å²) in [7, 11) is 1.58. The molecule has 7 nitrogen and oxygen atoms in total. The second kappa shape index (κ2) is 13.2. The second-order valence-corrected chi connectivity index (χ2v) is 9.65.